The first kappa shape index (κ1) is 14.3. The molecule has 2 heterocycles. The number of aromatic nitrogens is 1. The number of halogens is 2. The molecule has 0 unspecified atom stereocenters. The molecule has 0 bridgehead atoms. The Morgan fingerprint density at radius 3 is 2.71 bits per heavy atom. The van der Waals surface area contributed by atoms with E-state index in [0.717, 1.165) is 0 Å². The number of nitrogens with zero attached hydrogens (tertiary/aromatic N) is 2. The van der Waals surface area contributed by atoms with Crippen LogP contribution >= 0.6 is 11.6 Å². The van der Waals surface area contributed by atoms with Crippen LogP contribution in [0.1, 0.15) is 24.2 Å². The maximum absolute atomic E-state index is 14.7. The van der Waals surface area contributed by atoms with Gasteiger partial charge in [-0.2, -0.15) is 0 Å². The van der Waals surface area contributed by atoms with Crippen molar-refractivity contribution < 1.29 is 18.4 Å². The molecule has 0 N–H and O–H groups in total. The van der Waals surface area contributed by atoms with Crippen molar-refractivity contribution in [3.05, 3.63) is 22.6 Å². The summed E-state index contributed by atoms with van der Waals surface area (Å²) in [5.74, 6) is -0.615. The van der Waals surface area contributed by atoms with Crippen LogP contribution in [-0.4, -0.2) is 36.7 Å². The van der Waals surface area contributed by atoms with Gasteiger partial charge in [0, 0.05) is 18.7 Å². The second-order valence-electron chi connectivity index (χ2n) is 5.26. The molecule has 1 aliphatic heterocycles. The SMILES string of the molecule is C[C@@H]1CN(c2c(C=O)cc3c(Cl)noc3c2F)C[C@H](C)O1. The van der Waals surface area contributed by atoms with Gasteiger partial charge in [0.2, 0.25) is 5.58 Å². The Labute approximate surface area is 125 Å². The van der Waals surface area contributed by atoms with Gasteiger partial charge >= 0.3 is 0 Å². The van der Waals surface area contributed by atoms with E-state index in [4.69, 9.17) is 20.9 Å². The third kappa shape index (κ3) is 2.38. The van der Waals surface area contributed by atoms with Gasteiger partial charge < -0.3 is 14.2 Å². The van der Waals surface area contributed by atoms with Crippen LogP contribution in [0, 0.1) is 5.82 Å². The highest BCUT2D eigenvalue weighted by atomic mass is 35.5. The van der Waals surface area contributed by atoms with Crippen LogP contribution in [0.15, 0.2) is 10.6 Å². The van der Waals surface area contributed by atoms with E-state index in [0.29, 0.717) is 24.8 Å². The maximum atomic E-state index is 14.7. The van der Waals surface area contributed by atoms with Gasteiger partial charge in [-0.05, 0) is 19.9 Å². The van der Waals surface area contributed by atoms with Crippen molar-refractivity contribution in [2.45, 2.75) is 26.1 Å². The highest BCUT2D eigenvalue weighted by Gasteiger charge is 2.29. The zero-order chi connectivity index (χ0) is 15.1. The molecular weight excluding hydrogens is 299 g/mol. The molecule has 1 aliphatic rings. The average Bonchev–Trinajstić information content (AvgIpc) is 2.79. The second-order valence-corrected chi connectivity index (χ2v) is 5.62. The minimum Gasteiger partial charge on any atom is -0.372 e. The highest BCUT2D eigenvalue weighted by Crippen LogP contribution is 2.35. The van der Waals surface area contributed by atoms with Crippen molar-refractivity contribution in [2.24, 2.45) is 0 Å². The minimum atomic E-state index is -0.615. The number of hydrogen-bond donors (Lipinski definition) is 0. The lowest BCUT2D eigenvalue weighted by atomic mass is 10.1. The van der Waals surface area contributed by atoms with Gasteiger partial charge in [-0.1, -0.05) is 16.8 Å². The summed E-state index contributed by atoms with van der Waals surface area (Å²) in [5.41, 5.74) is 0.408. The van der Waals surface area contributed by atoms with E-state index in [1.54, 1.807) is 4.90 Å². The van der Waals surface area contributed by atoms with Gasteiger partial charge in [0.1, 0.15) is 0 Å². The summed E-state index contributed by atoms with van der Waals surface area (Å²) in [4.78, 5) is 13.1. The van der Waals surface area contributed by atoms with Gasteiger partial charge in [0.25, 0.3) is 0 Å². The third-order valence-corrected chi connectivity index (χ3v) is 3.80. The summed E-state index contributed by atoms with van der Waals surface area (Å²) in [6.07, 6.45) is 0.509. The van der Waals surface area contributed by atoms with Gasteiger partial charge in [-0.3, -0.25) is 4.79 Å². The molecule has 1 fully saturated rings. The fourth-order valence-electron chi connectivity index (χ4n) is 2.79. The summed E-state index contributed by atoms with van der Waals surface area (Å²) in [6.45, 7) is 4.81. The minimum absolute atomic E-state index is 0.0348. The van der Waals surface area contributed by atoms with Crippen LogP contribution in [0.5, 0.6) is 0 Å². The van der Waals surface area contributed by atoms with Gasteiger partial charge in [0.15, 0.2) is 17.3 Å². The average molecular weight is 313 g/mol. The number of anilines is 1. The van der Waals surface area contributed by atoms with E-state index >= 15 is 0 Å². The summed E-state index contributed by atoms with van der Waals surface area (Å²) in [5, 5.41) is 3.88. The van der Waals surface area contributed by atoms with E-state index in [9.17, 15) is 9.18 Å². The zero-order valence-corrected chi connectivity index (χ0v) is 12.4. The molecule has 1 saturated heterocycles. The lowest BCUT2D eigenvalue weighted by Gasteiger charge is -2.37. The van der Waals surface area contributed by atoms with Crippen molar-refractivity contribution in [2.75, 3.05) is 18.0 Å². The lowest BCUT2D eigenvalue weighted by Crippen LogP contribution is -2.46. The number of hydrogen-bond acceptors (Lipinski definition) is 5. The third-order valence-electron chi connectivity index (χ3n) is 3.53. The molecule has 0 saturated carbocycles. The molecule has 3 rings (SSSR count). The monoisotopic (exact) mass is 312 g/mol. The molecule has 1 aromatic heterocycles. The van der Waals surface area contributed by atoms with Crippen LogP contribution in [0.4, 0.5) is 10.1 Å². The first-order valence-electron chi connectivity index (χ1n) is 6.64. The maximum Gasteiger partial charge on any atom is 0.206 e. The number of rotatable bonds is 2. The molecule has 0 amide bonds. The van der Waals surface area contributed by atoms with Crippen molar-refractivity contribution in [3.63, 3.8) is 0 Å². The second kappa shape index (κ2) is 5.27. The standard InChI is InChI=1S/C14H14ClFN2O3/c1-7-4-18(5-8(2)20-7)12-9(6-19)3-10-13(11(12)16)21-17-14(10)15/h3,6-8H,4-5H2,1-2H3/t7-,8+. The number of benzene rings is 1. The van der Waals surface area contributed by atoms with Crippen LogP contribution < -0.4 is 4.90 Å². The molecule has 112 valence electrons. The Morgan fingerprint density at radius 2 is 2.10 bits per heavy atom. The van der Waals surface area contributed by atoms with Crippen molar-refractivity contribution in [3.8, 4) is 0 Å². The predicted octanol–water partition coefficient (Wildman–Crippen LogP) is 3.05. The van der Waals surface area contributed by atoms with Crippen molar-refractivity contribution >= 4 is 34.5 Å². The fourth-order valence-corrected chi connectivity index (χ4v) is 2.97. The summed E-state index contributed by atoms with van der Waals surface area (Å²) in [7, 11) is 0. The molecule has 21 heavy (non-hydrogen) atoms. The number of morpholine rings is 1. The quantitative estimate of drug-likeness (QED) is 0.798. The predicted molar refractivity (Wildman–Crippen MR) is 76.6 cm³/mol. The van der Waals surface area contributed by atoms with Crippen LogP contribution in [-0.2, 0) is 4.74 Å². The number of carbonyl (C=O) groups excluding carboxylic acids is 1. The Hall–Kier alpha value is -1.66. The molecule has 2 aromatic rings. The highest BCUT2D eigenvalue weighted by molar-refractivity contribution is 6.34. The molecule has 5 nitrogen and oxygen atoms in total. The first-order chi connectivity index (χ1) is 10.0. The Balaban J connectivity index is 2.16. The number of carbonyl (C=O) groups is 1. The lowest BCUT2D eigenvalue weighted by molar-refractivity contribution is -0.00542. The van der Waals surface area contributed by atoms with E-state index < -0.39 is 5.82 Å². The summed E-state index contributed by atoms with van der Waals surface area (Å²) in [6, 6.07) is 1.50. The molecule has 0 spiro atoms. The van der Waals surface area contributed by atoms with E-state index in [-0.39, 0.29) is 34.2 Å². The smallest absolute Gasteiger partial charge is 0.206 e. The first-order valence-corrected chi connectivity index (χ1v) is 7.02. The summed E-state index contributed by atoms with van der Waals surface area (Å²) >= 11 is 5.84. The summed E-state index contributed by atoms with van der Waals surface area (Å²) < 4.78 is 25.3. The van der Waals surface area contributed by atoms with Crippen LogP contribution in [0.3, 0.4) is 0 Å². The zero-order valence-electron chi connectivity index (χ0n) is 11.6. The van der Waals surface area contributed by atoms with Gasteiger partial charge in [0.05, 0.1) is 23.3 Å². The Morgan fingerprint density at radius 1 is 1.43 bits per heavy atom. The number of aldehydes is 1. The molecule has 7 heteroatoms. The number of ether oxygens (including phenoxy) is 1. The molecule has 1 aromatic carbocycles. The molecule has 2 atom stereocenters. The Bertz CT molecular complexity index is 693. The van der Waals surface area contributed by atoms with Crippen LogP contribution in [0.2, 0.25) is 5.15 Å². The topological polar surface area (TPSA) is 55.6 Å². The fraction of sp³-hybridized carbons (Fsp3) is 0.429. The molecule has 0 radical (unpaired) electrons. The normalized spacial score (nSPS) is 22.8. The van der Waals surface area contributed by atoms with Crippen molar-refractivity contribution in [1.29, 1.82) is 0 Å². The number of fused-ring (bicyclic) bond motifs is 1. The van der Waals surface area contributed by atoms with E-state index in [1.807, 2.05) is 13.8 Å². The van der Waals surface area contributed by atoms with Crippen molar-refractivity contribution in [1.82, 2.24) is 5.16 Å². The van der Waals surface area contributed by atoms with E-state index in [2.05, 4.69) is 5.16 Å². The van der Waals surface area contributed by atoms with Gasteiger partial charge in [-0.15, -0.1) is 0 Å². The van der Waals surface area contributed by atoms with Gasteiger partial charge in [-0.25, -0.2) is 4.39 Å². The van der Waals surface area contributed by atoms with Crippen LogP contribution in [0.25, 0.3) is 11.0 Å². The molecular formula is C14H14ClFN2O3. The largest absolute Gasteiger partial charge is 0.372 e. The molecule has 0 aliphatic carbocycles. The van der Waals surface area contributed by atoms with E-state index in [1.165, 1.54) is 6.07 Å². The Kier molecular flexibility index (Phi) is 3.59.